The molecule has 0 amide bonds. The van der Waals surface area contributed by atoms with Gasteiger partial charge in [-0.1, -0.05) is 42.5 Å². The third-order valence-electron chi connectivity index (χ3n) is 6.37. The number of thiazole rings is 1. The van der Waals surface area contributed by atoms with Crippen LogP contribution in [0.5, 0.6) is 0 Å². The van der Waals surface area contributed by atoms with Crippen LogP contribution in [0.2, 0.25) is 0 Å². The van der Waals surface area contributed by atoms with Crippen LogP contribution in [-0.2, 0) is 19.1 Å². The normalized spacial score (nSPS) is 15.3. The van der Waals surface area contributed by atoms with E-state index in [9.17, 15) is 14.9 Å². The van der Waals surface area contributed by atoms with Gasteiger partial charge >= 0.3 is 11.9 Å². The molecule has 5 rings (SSSR count). The maximum Gasteiger partial charge on any atom is 0.355 e. The molecule has 10 heteroatoms. The molecule has 4 aromatic rings. The van der Waals surface area contributed by atoms with Gasteiger partial charge in [-0.05, 0) is 35.9 Å². The number of nitrogen functional groups attached to an aromatic ring is 1. The van der Waals surface area contributed by atoms with E-state index in [4.69, 9.17) is 25.9 Å². The summed E-state index contributed by atoms with van der Waals surface area (Å²) in [5, 5.41) is 10.9. The Labute approximate surface area is 228 Å². The Kier molecular flexibility index (Phi) is 6.75. The summed E-state index contributed by atoms with van der Waals surface area (Å²) in [5.41, 5.74) is 15.7. The van der Waals surface area contributed by atoms with Gasteiger partial charge in [0.25, 0.3) is 0 Å². The first-order chi connectivity index (χ1) is 18.9. The molecule has 1 unspecified atom stereocenters. The summed E-state index contributed by atoms with van der Waals surface area (Å²) in [6, 6.07) is 23.7. The van der Waals surface area contributed by atoms with Crippen LogP contribution in [0.15, 0.2) is 95.5 Å². The minimum absolute atomic E-state index is 0.00590. The largest absolute Gasteiger partial charge is 0.466 e. The van der Waals surface area contributed by atoms with Crippen molar-refractivity contribution >= 4 is 44.9 Å². The number of carbonyl (C=O) groups is 2. The zero-order valence-corrected chi connectivity index (χ0v) is 21.9. The maximum atomic E-state index is 13.3. The van der Waals surface area contributed by atoms with Crippen molar-refractivity contribution in [2.45, 2.75) is 5.92 Å². The number of methoxy groups -OCH3 is 2. The van der Waals surface area contributed by atoms with Crippen molar-refractivity contribution < 1.29 is 19.1 Å². The van der Waals surface area contributed by atoms with Crippen LogP contribution in [0, 0.1) is 11.3 Å². The van der Waals surface area contributed by atoms with Crippen LogP contribution < -0.4 is 16.4 Å². The summed E-state index contributed by atoms with van der Waals surface area (Å²) in [4.78, 5) is 32.6. The van der Waals surface area contributed by atoms with E-state index in [2.05, 4.69) is 6.07 Å². The van der Waals surface area contributed by atoms with E-state index in [0.717, 1.165) is 20.8 Å². The summed E-state index contributed by atoms with van der Waals surface area (Å²) >= 11 is 1.46. The number of rotatable bonds is 5. The molecule has 0 saturated carbocycles. The van der Waals surface area contributed by atoms with Crippen molar-refractivity contribution in [3.63, 3.8) is 0 Å². The lowest BCUT2D eigenvalue weighted by atomic mass is 9.81. The highest BCUT2D eigenvalue weighted by molar-refractivity contribution is 7.21. The number of aromatic nitrogens is 1. The zero-order chi connectivity index (χ0) is 27.7. The Hall–Kier alpha value is -5.14. The van der Waals surface area contributed by atoms with E-state index in [1.165, 1.54) is 30.5 Å². The summed E-state index contributed by atoms with van der Waals surface area (Å²) in [6.07, 6.45) is 0. The Morgan fingerprint density at radius 3 is 2.41 bits per heavy atom. The van der Waals surface area contributed by atoms with Gasteiger partial charge in [-0.3, -0.25) is 4.90 Å². The number of hydrogen-bond donors (Lipinski definition) is 2. The number of nitrogens with zero attached hydrogens (tertiary/aromatic N) is 3. The van der Waals surface area contributed by atoms with E-state index in [0.29, 0.717) is 16.9 Å². The highest BCUT2D eigenvalue weighted by atomic mass is 32.1. The van der Waals surface area contributed by atoms with Crippen molar-refractivity contribution in [2.24, 2.45) is 5.73 Å². The first-order valence-electron chi connectivity index (χ1n) is 11.8. The topological polar surface area (TPSA) is 145 Å². The smallest absolute Gasteiger partial charge is 0.355 e. The average Bonchev–Trinajstić information content (AvgIpc) is 3.39. The van der Waals surface area contributed by atoms with Crippen molar-refractivity contribution in [1.29, 1.82) is 5.26 Å². The second-order valence-electron chi connectivity index (χ2n) is 8.63. The Bertz CT molecular complexity index is 1720. The van der Waals surface area contributed by atoms with Gasteiger partial charge in [-0.25, -0.2) is 14.6 Å². The summed E-state index contributed by atoms with van der Waals surface area (Å²) in [5.74, 6) is -2.54. The molecular formula is C29H23N5O4S. The lowest BCUT2D eigenvalue weighted by molar-refractivity contribution is -0.139. The minimum atomic E-state index is -0.938. The molecule has 1 aliphatic heterocycles. The fourth-order valence-electron chi connectivity index (χ4n) is 4.62. The van der Waals surface area contributed by atoms with Crippen LogP contribution in [0.4, 0.5) is 11.4 Å². The molecule has 4 N–H and O–H groups in total. The highest BCUT2D eigenvalue weighted by Crippen LogP contribution is 2.44. The SMILES string of the molecule is COC(=O)C1=C(C(=O)OC)N(c2cccc(-c3nc4ccc(N)cc4s3)c2)C(N)=C(C#N)C1c1ccccc1. The van der Waals surface area contributed by atoms with Crippen LogP contribution >= 0.6 is 11.3 Å². The lowest BCUT2D eigenvalue weighted by Gasteiger charge is -2.36. The van der Waals surface area contributed by atoms with Gasteiger partial charge in [0.15, 0.2) is 0 Å². The number of nitriles is 1. The number of benzene rings is 3. The zero-order valence-electron chi connectivity index (χ0n) is 21.0. The molecular weight excluding hydrogens is 514 g/mol. The number of fused-ring (bicyclic) bond motifs is 1. The highest BCUT2D eigenvalue weighted by Gasteiger charge is 2.43. The lowest BCUT2D eigenvalue weighted by Crippen LogP contribution is -2.40. The molecule has 1 aromatic heterocycles. The molecule has 1 atom stereocenters. The van der Waals surface area contributed by atoms with Crippen molar-refractivity contribution in [2.75, 3.05) is 24.9 Å². The summed E-state index contributed by atoms with van der Waals surface area (Å²) in [6.45, 7) is 0. The van der Waals surface area contributed by atoms with E-state index >= 15 is 0 Å². The predicted octanol–water partition coefficient (Wildman–Crippen LogP) is 4.44. The molecule has 194 valence electrons. The minimum Gasteiger partial charge on any atom is -0.466 e. The maximum absolute atomic E-state index is 13.3. The molecule has 0 bridgehead atoms. The molecule has 0 spiro atoms. The molecule has 39 heavy (non-hydrogen) atoms. The van der Waals surface area contributed by atoms with Crippen LogP contribution in [-0.4, -0.2) is 31.1 Å². The number of allylic oxidation sites excluding steroid dienone is 1. The average molecular weight is 538 g/mol. The van der Waals surface area contributed by atoms with E-state index in [1.54, 1.807) is 48.5 Å². The van der Waals surface area contributed by atoms with Gasteiger partial charge < -0.3 is 20.9 Å². The van der Waals surface area contributed by atoms with E-state index in [1.807, 2.05) is 24.3 Å². The second-order valence-corrected chi connectivity index (χ2v) is 9.66. The molecule has 0 radical (unpaired) electrons. The molecule has 0 aliphatic carbocycles. The summed E-state index contributed by atoms with van der Waals surface area (Å²) < 4.78 is 11.1. The first kappa shape index (κ1) is 25.5. The molecule has 0 saturated heterocycles. The number of carbonyl (C=O) groups excluding carboxylic acids is 2. The number of esters is 2. The molecule has 1 aliphatic rings. The number of anilines is 2. The fraction of sp³-hybridized carbons (Fsp3) is 0.103. The second kappa shape index (κ2) is 10.3. The molecule has 9 nitrogen and oxygen atoms in total. The Morgan fingerprint density at radius 2 is 1.72 bits per heavy atom. The van der Waals surface area contributed by atoms with Gasteiger partial charge in [0.2, 0.25) is 0 Å². The number of nitrogens with two attached hydrogens (primary N) is 2. The predicted molar refractivity (Wildman–Crippen MR) is 149 cm³/mol. The van der Waals surface area contributed by atoms with E-state index < -0.39 is 17.9 Å². The molecule has 0 fully saturated rings. The number of hydrogen-bond acceptors (Lipinski definition) is 10. The number of ether oxygens (including phenoxy) is 2. The first-order valence-corrected chi connectivity index (χ1v) is 12.6. The summed E-state index contributed by atoms with van der Waals surface area (Å²) in [7, 11) is 2.42. The van der Waals surface area contributed by atoms with Gasteiger partial charge in [-0.2, -0.15) is 5.26 Å². The third-order valence-corrected chi connectivity index (χ3v) is 7.44. The standard InChI is InChI=1S/C29H23N5O4S/c1-37-28(35)24-23(16-7-4-3-5-8-16)20(15-30)26(32)34(25(24)29(36)38-2)19-10-6-9-17(13-19)27-33-21-12-11-18(31)14-22(21)39-27/h3-14,23H,31-32H2,1-2H3. The van der Waals surface area contributed by atoms with Gasteiger partial charge in [-0.15, -0.1) is 11.3 Å². The van der Waals surface area contributed by atoms with Crippen molar-refractivity contribution in [3.8, 4) is 16.6 Å². The Balaban J connectivity index is 1.74. The van der Waals surface area contributed by atoms with Crippen LogP contribution in [0.3, 0.4) is 0 Å². The van der Waals surface area contributed by atoms with Crippen LogP contribution in [0.25, 0.3) is 20.8 Å². The van der Waals surface area contributed by atoms with Gasteiger partial charge in [0.05, 0.1) is 47.6 Å². The van der Waals surface area contributed by atoms with Crippen LogP contribution in [0.1, 0.15) is 11.5 Å². The Morgan fingerprint density at radius 1 is 0.974 bits per heavy atom. The van der Waals surface area contributed by atoms with Gasteiger partial charge in [0, 0.05) is 16.9 Å². The fourth-order valence-corrected chi connectivity index (χ4v) is 5.63. The third kappa shape index (κ3) is 4.45. The molecule has 3 aromatic carbocycles. The molecule has 2 heterocycles. The van der Waals surface area contributed by atoms with Crippen molar-refractivity contribution in [1.82, 2.24) is 4.98 Å². The monoisotopic (exact) mass is 537 g/mol. The van der Waals surface area contributed by atoms with Gasteiger partial charge in [0.1, 0.15) is 16.5 Å². The van der Waals surface area contributed by atoms with Crippen molar-refractivity contribution in [3.05, 3.63) is 101 Å². The quantitative estimate of drug-likeness (QED) is 0.279. The van der Waals surface area contributed by atoms with E-state index in [-0.39, 0.29) is 22.7 Å².